The van der Waals surface area contributed by atoms with Crippen molar-refractivity contribution in [1.82, 2.24) is 19.6 Å². The number of fused-ring (bicyclic) bond motifs is 1. The summed E-state index contributed by atoms with van der Waals surface area (Å²) in [5, 5.41) is 9.11. The van der Waals surface area contributed by atoms with E-state index >= 15 is 0 Å². The minimum Gasteiger partial charge on any atom is -0.359 e. The number of nitrogens with zero attached hydrogens (tertiary/aromatic N) is 3. The highest BCUT2D eigenvalue weighted by Gasteiger charge is 2.05. The van der Waals surface area contributed by atoms with E-state index in [1.54, 1.807) is 13.0 Å². The summed E-state index contributed by atoms with van der Waals surface area (Å²) in [4.78, 5) is 15.4. The van der Waals surface area contributed by atoms with Gasteiger partial charge < -0.3 is 5.32 Å². The molecule has 0 aromatic carbocycles. The fourth-order valence-corrected chi connectivity index (χ4v) is 1.33. The lowest BCUT2D eigenvalue weighted by Gasteiger charge is -2.03. The van der Waals surface area contributed by atoms with Gasteiger partial charge in [-0.2, -0.15) is 5.10 Å². The van der Waals surface area contributed by atoms with Gasteiger partial charge in [0.15, 0.2) is 5.65 Å². The molecular formula is C9H9N5O. The van der Waals surface area contributed by atoms with E-state index < -0.39 is 0 Å². The minimum absolute atomic E-state index is 0.293. The molecule has 0 atom stereocenters. The Morgan fingerprint density at radius 1 is 1.73 bits per heavy atom. The second-order valence-electron chi connectivity index (χ2n) is 2.97. The molecule has 0 bridgehead atoms. The van der Waals surface area contributed by atoms with Crippen LogP contribution in [0.4, 0.5) is 5.82 Å². The van der Waals surface area contributed by atoms with Gasteiger partial charge in [0.2, 0.25) is 0 Å². The van der Waals surface area contributed by atoms with E-state index in [-0.39, 0.29) is 5.69 Å². The van der Waals surface area contributed by atoms with Crippen LogP contribution in [0.1, 0.15) is 5.82 Å². The summed E-state index contributed by atoms with van der Waals surface area (Å²) in [6.45, 7) is 2.11. The van der Waals surface area contributed by atoms with Crippen molar-refractivity contribution >= 4 is 11.5 Å². The van der Waals surface area contributed by atoms with Crippen LogP contribution in [-0.4, -0.2) is 26.1 Å². The lowest BCUT2D eigenvalue weighted by Crippen LogP contribution is -2.14. The van der Waals surface area contributed by atoms with Crippen molar-refractivity contribution in [2.75, 3.05) is 11.9 Å². The van der Waals surface area contributed by atoms with Gasteiger partial charge in [-0.3, -0.25) is 0 Å². The summed E-state index contributed by atoms with van der Waals surface area (Å²) >= 11 is 0. The number of H-pyrrole nitrogens is 1. The Morgan fingerprint density at radius 2 is 2.53 bits per heavy atom. The third kappa shape index (κ3) is 1.55. The molecule has 2 N–H and O–H groups in total. The maximum Gasteiger partial charge on any atom is 0.349 e. The molecular weight excluding hydrogens is 194 g/mol. The molecule has 2 heterocycles. The molecule has 0 aliphatic rings. The molecule has 2 aromatic rings. The average molecular weight is 203 g/mol. The van der Waals surface area contributed by atoms with Gasteiger partial charge >= 0.3 is 5.69 Å². The summed E-state index contributed by atoms with van der Waals surface area (Å²) in [5.74, 6) is 3.61. The van der Waals surface area contributed by atoms with E-state index in [0.29, 0.717) is 23.8 Å². The number of hydrogen-bond acceptors (Lipinski definition) is 4. The Bertz CT molecular complexity index is 589. The molecule has 0 saturated heterocycles. The molecule has 0 unspecified atom stereocenters. The Hall–Kier alpha value is -2.29. The molecule has 2 aromatic heterocycles. The van der Waals surface area contributed by atoms with Crippen molar-refractivity contribution in [1.29, 1.82) is 0 Å². The Morgan fingerprint density at radius 3 is 3.27 bits per heavy atom. The van der Waals surface area contributed by atoms with Gasteiger partial charge in [0.25, 0.3) is 0 Å². The second-order valence-corrected chi connectivity index (χ2v) is 2.97. The predicted molar refractivity (Wildman–Crippen MR) is 55.7 cm³/mol. The summed E-state index contributed by atoms with van der Waals surface area (Å²) < 4.78 is 1.39. The van der Waals surface area contributed by atoms with Crippen LogP contribution < -0.4 is 11.0 Å². The molecule has 0 saturated carbocycles. The standard InChI is InChI=1S/C9H9N5O/c1-3-4-10-7-5-8-12-13-9(15)14(8)6(2)11-7/h1,5,10H,4H2,2H3,(H,13,15). The molecule has 6 heteroatoms. The van der Waals surface area contributed by atoms with Gasteiger partial charge in [0, 0.05) is 6.07 Å². The minimum atomic E-state index is -0.293. The van der Waals surface area contributed by atoms with Crippen LogP contribution in [0.3, 0.4) is 0 Å². The zero-order valence-electron chi connectivity index (χ0n) is 8.11. The number of aryl methyl sites for hydroxylation is 1. The van der Waals surface area contributed by atoms with E-state index in [9.17, 15) is 4.79 Å². The number of nitrogens with one attached hydrogen (secondary N) is 2. The summed E-state index contributed by atoms with van der Waals surface area (Å²) in [6.07, 6.45) is 5.11. The Labute approximate surface area is 85.3 Å². The van der Waals surface area contributed by atoms with Crippen molar-refractivity contribution in [2.24, 2.45) is 0 Å². The second kappa shape index (κ2) is 3.46. The van der Waals surface area contributed by atoms with E-state index in [0.717, 1.165) is 0 Å². The average Bonchev–Trinajstić information content (AvgIpc) is 2.58. The molecule has 0 aliphatic carbocycles. The number of rotatable bonds is 2. The number of terminal acetylenes is 1. The lowest BCUT2D eigenvalue weighted by molar-refractivity contribution is 0.936. The van der Waals surface area contributed by atoms with E-state index in [1.165, 1.54) is 4.40 Å². The topological polar surface area (TPSA) is 75.1 Å². The first-order valence-electron chi connectivity index (χ1n) is 4.34. The molecule has 6 nitrogen and oxygen atoms in total. The molecule has 76 valence electrons. The van der Waals surface area contributed by atoms with Gasteiger partial charge in [0.1, 0.15) is 11.6 Å². The van der Waals surface area contributed by atoms with E-state index in [2.05, 4.69) is 26.4 Å². The normalized spacial score (nSPS) is 10.1. The van der Waals surface area contributed by atoms with Crippen molar-refractivity contribution in [2.45, 2.75) is 6.92 Å². The van der Waals surface area contributed by atoms with Crippen LogP contribution in [0, 0.1) is 19.3 Å². The number of aromatic nitrogens is 4. The molecule has 0 amide bonds. The maximum atomic E-state index is 11.3. The zero-order chi connectivity index (χ0) is 10.8. The van der Waals surface area contributed by atoms with Crippen LogP contribution in [-0.2, 0) is 0 Å². The first-order valence-corrected chi connectivity index (χ1v) is 4.34. The van der Waals surface area contributed by atoms with Crippen molar-refractivity contribution in [3.8, 4) is 12.3 Å². The Balaban J connectivity index is 2.54. The molecule has 0 aliphatic heterocycles. The van der Waals surface area contributed by atoms with Gasteiger partial charge in [0.05, 0.1) is 6.54 Å². The molecule has 0 radical (unpaired) electrons. The van der Waals surface area contributed by atoms with E-state index in [1.807, 2.05) is 0 Å². The van der Waals surface area contributed by atoms with Crippen molar-refractivity contribution in [3.63, 3.8) is 0 Å². The first kappa shape index (κ1) is 9.27. The molecule has 0 spiro atoms. The molecule has 15 heavy (non-hydrogen) atoms. The smallest absolute Gasteiger partial charge is 0.349 e. The molecule has 0 fully saturated rings. The van der Waals surface area contributed by atoms with Crippen molar-refractivity contribution in [3.05, 3.63) is 22.4 Å². The largest absolute Gasteiger partial charge is 0.359 e. The summed E-state index contributed by atoms with van der Waals surface area (Å²) in [7, 11) is 0. The fourth-order valence-electron chi connectivity index (χ4n) is 1.33. The quantitative estimate of drug-likeness (QED) is 0.661. The highest BCUT2D eigenvalue weighted by atomic mass is 16.1. The Kier molecular flexibility index (Phi) is 2.14. The fraction of sp³-hybridized carbons (Fsp3) is 0.222. The van der Waals surface area contributed by atoms with E-state index in [4.69, 9.17) is 6.42 Å². The number of aromatic amines is 1. The van der Waals surface area contributed by atoms with Gasteiger partial charge in [-0.25, -0.2) is 19.3 Å². The predicted octanol–water partition coefficient (Wildman–Crippen LogP) is -0.229. The highest BCUT2D eigenvalue weighted by molar-refractivity contribution is 5.50. The zero-order valence-corrected chi connectivity index (χ0v) is 8.11. The first-order chi connectivity index (χ1) is 7.22. The van der Waals surface area contributed by atoms with Crippen LogP contribution in [0.5, 0.6) is 0 Å². The van der Waals surface area contributed by atoms with Gasteiger partial charge in [-0.05, 0) is 6.92 Å². The van der Waals surface area contributed by atoms with Gasteiger partial charge in [-0.15, -0.1) is 6.42 Å². The lowest BCUT2D eigenvalue weighted by atomic mass is 10.5. The third-order valence-electron chi connectivity index (χ3n) is 1.94. The van der Waals surface area contributed by atoms with Crippen LogP contribution in [0.25, 0.3) is 5.65 Å². The summed E-state index contributed by atoms with van der Waals surface area (Å²) in [5.41, 5.74) is 0.227. The molecule has 2 rings (SSSR count). The van der Waals surface area contributed by atoms with Crippen LogP contribution in [0.2, 0.25) is 0 Å². The summed E-state index contributed by atoms with van der Waals surface area (Å²) in [6, 6.07) is 1.65. The third-order valence-corrected chi connectivity index (χ3v) is 1.94. The van der Waals surface area contributed by atoms with Gasteiger partial charge in [-0.1, -0.05) is 5.92 Å². The SMILES string of the molecule is C#CCNc1cc2n[nH]c(=O)n2c(C)n1. The maximum absolute atomic E-state index is 11.3. The number of anilines is 1. The number of hydrogen-bond donors (Lipinski definition) is 2. The highest BCUT2D eigenvalue weighted by Crippen LogP contribution is 2.06. The van der Waals surface area contributed by atoms with Crippen LogP contribution >= 0.6 is 0 Å². The van der Waals surface area contributed by atoms with Crippen LogP contribution in [0.15, 0.2) is 10.9 Å². The van der Waals surface area contributed by atoms with Crippen molar-refractivity contribution < 1.29 is 0 Å². The monoisotopic (exact) mass is 203 g/mol.